The summed E-state index contributed by atoms with van der Waals surface area (Å²) in [6.07, 6.45) is 2.41. The molecule has 0 radical (unpaired) electrons. The number of benzene rings is 2. The molecule has 1 saturated heterocycles. The molecule has 5 nitrogen and oxygen atoms in total. The number of hydrogen-bond donors (Lipinski definition) is 1. The third-order valence-electron chi connectivity index (χ3n) is 4.67. The van der Waals surface area contributed by atoms with Gasteiger partial charge in [0, 0.05) is 24.5 Å². The number of amides is 1. The molecule has 2 aromatic rings. The van der Waals surface area contributed by atoms with Crippen LogP contribution in [0.2, 0.25) is 0 Å². The molecule has 0 atom stereocenters. The average Bonchev–Trinajstić information content (AvgIpc) is 3.16. The average molecular weight is 370 g/mol. The molecule has 1 amide bonds. The molecule has 0 bridgehead atoms. The lowest BCUT2D eigenvalue weighted by molar-refractivity contribution is -0.119. The lowest BCUT2D eigenvalue weighted by Gasteiger charge is -2.20. The Morgan fingerprint density at radius 2 is 1.81 bits per heavy atom. The first-order valence-electron chi connectivity index (χ1n) is 9.03. The molecular formula is C21H23FN2O3. The molecule has 142 valence electrons. The van der Waals surface area contributed by atoms with Gasteiger partial charge in [0.1, 0.15) is 5.82 Å². The zero-order valence-electron chi connectivity index (χ0n) is 15.5. The summed E-state index contributed by atoms with van der Waals surface area (Å²) in [7, 11) is 0. The van der Waals surface area contributed by atoms with Crippen LogP contribution in [0.25, 0.3) is 0 Å². The van der Waals surface area contributed by atoms with Crippen molar-refractivity contribution >= 4 is 23.3 Å². The lowest BCUT2D eigenvalue weighted by atomic mass is 10.1. The van der Waals surface area contributed by atoms with E-state index in [4.69, 9.17) is 4.74 Å². The maximum Gasteiger partial charge on any atom is 0.338 e. The fourth-order valence-corrected chi connectivity index (χ4v) is 3.18. The Morgan fingerprint density at radius 1 is 1.07 bits per heavy atom. The highest BCUT2D eigenvalue weighted by Gasteiger charge is 2.15. The van der Waals surface area contributed by atoms with Crippen LogP contribution >= 0.6 is 0 Å². The number of hydrogen-bond acceptors (Lipinski definition) is 4. The van der Waals surface area contributed by atoms with Crippen LogP contribution in [-0.2, 0) is 9.53 Å². The summed E-state index contributed by atoms with van der Waals surface area (Å²) >= 11 is 0. The van der Waals surface area contributed by atoms with Crippen LogP contribution in [0.4, 0.5) is 15.8 Å². The minimum absolute atomic E-state index is 0.0803. The molecule has 1 fully saturated rings. The van der Waals surface area contributed by atoms with E-state index in [0.717, 1.165) is 24.7 Å². The van der Waals surface area contributed by atoms with E-state index in [1.54, 1.807) is 6.92 Å². The molecule has 2 aromatic carbocycles. The second kappa shape index (κ2) is 8.20. The van der Waals surface area contributed by atoms with E-state index in [2.05, 4.69) is 10.2 Å². The van der Waals surface area contributed by atoms with E-state index in [-0.39, 0.29) is 5.56 Å². The standard InChI is InChI=1S/C21H23FN2O3/c1-14-5-6-16(12-18(14)22)21(26)27-13-20(25)23-17-7-8-19(15(2)11-17)24-9-3-4-10-24/h5-8,11-12H,3-4,9-10,13H2,1-2H3,(H,23,25). The zero-order valence-corrected chi connectivity index (χ0v) is 15.5. The molecular weight excluding hydrogens is 347 g/mol. The lowest BCUT2D eigenvalue weighted by Crippen LogP contribution is -2.21. The molecule has 0 spiro atoms. The number of esters is 1. The molecule has 0 saturated carbocycles. The van der Waals surface area contributed by atoms with Gasteiger partial charge in [-0.2, -0.15) is 0 Å². The molecule has 0 aromatic heterocycles. The van der Waals surface area contributed by atoms with E-state index in [0.29, 0.717) is 11.3 Å². The van der Waals surface area contributed by atoms with Gasteiger partial charge >= 0.3 is 5.97 Å². The first-order valence-corrected chi connectivity index (χ1v) is 9.03. The fourth-order valence-electron chi connectivity index (χ4n) is 3.18. The number of anilines is 2. The third-order valence-corrected chi connectivity index (χ3v) is 4.67. The Kier molecular flexibility index (Phi) is 5.74. The van der Waals surface area contributed by atoms with Gasteiger partial charge in [-0.3, -0.25) is 4.79 Å². The van der Waals surface area contributed by atoms with Crippen LogP contribution < -0.4 is 10.2 Å². The van der Waals surface area contributed by atoms with Crippen molar-refractivity contribution in [2.24, 2.45) is 0 Å². The Morgan fingerprint density at radius 3 is 2.48 bits per heavy atom. The SMILES string of the molecule is Cc1ccc(C(=O)OCC(=O)Nc2ccc(N3CCCC3)c(C)c2)cc1F. The van der Waals surface area contributed by atoms with Crippen molar-refractivity contribution in [3.63, 3.8) is 0 Å². The minimum atomic E-state index is -0.732. The number of nitrogens with one attached hydrogen (secondary N) is 1. The second-order valence-electron chi connectivity index (χ2n) is 6.78. The molecule has 0 unspecified atom stereocenters. The van der Waals surface area contributed by atoms with Gasteiger partial charge in [-0.25, -0.2) is 9.18 Å². The third kappa shape index (κ3) is 4.64. The summed E-state index contributed by atoms with van der Waals surface area (Å²) < 4.78 is 18.5. The van der Waals surface area contributed by atoms with Gasteiger partial charge in [0.2, 0.25) is 0 Å². The minimum Gasteiger partial charge on any atom is -0.452 e. The number of rotatable bonds is 5. The summed E-state index contributed by atoms with van der Waals surface area (Å²) in [5.74, 6) is -1.66. The Balaban J connectivity index is 1.55. The van der Waals surface area contributed by atoms with Crippen LogP contribution in [0.1, 0.15) is 34.3 Å². The number of halogens is 1. The summed E-state index contributed by atoms with van der Waals surface area (Å²) in [5.41, 5.74) is 3.44. The predicted molar refractivity (Wildman–Crippen MR) is 103 cm³/mol. The topological polar surface area (TPSA) is 58.6 Å². The van der Waals surface area contributed by atoms with Gasteiger partial charge < -0.3 is 15.0 Å². The van der Waals surface area contributed by atoms with E-state index in [1.165, 1.54) is 30.7 Å². The van der Waals surface area contributed by atoms with Crippen LogP contribution in [-0.4, -0.2) is 31.6 Å². The van der Waals surface area contributed by atoms with Crippen molar-refractivity contribution in [1.82, 2.24) is 0 Å². The van der Waals surface area contributed by atoms with Crippen molar-refractivity contribution < 1.29 is 18.7 Å². The normalized spacial score (nSPS) is 13.5. The highest BCUT2D eigenvalue weighted by molar-refractivity contribution is 5.95. The second-order valence-corrected chi connectivity index (χ2v) is 6.78. The summed E-state index contributed by atoms with van der Waals surface area (Å²) in [6.45, 7) is 5.30. The fraction of sp³-hybridized carbons (Fsp3) is 0.333. The molecule has 0 aliphatic carbocycles. The molecule has 1 aliphatic rings. The molecule has 27 heavy (non-hydrogen) atoms. The van der Waals surface area contributed by atoms with E-state index < -0.39 is 24.3 Å². The maximum atomic E-state index is 13.5. The molecule has 1 heterocycles. The summed E-state index contributed by atoms with van der Waals surface area (Å²) in [4.78, 5) is 26.3. The van der Waals surface area contributed by atoms with Crippen molar-refractivity contribution in [3.05, 3.63) is 58.9 Å². The number of aryl methyl sites for hydroxylation is 2. The van der Waals surface area contributed by atoms with Gasteiger partial charge in [0.15, 0.2) is 6.61 Å². The van der Waals surface area contributed by atoms with Crippen LogP contribution in [0, 0.1) is 19.7 Å². The van der Waals surface area contributed by atoms with E-state index in [1.807, 2.05) is 25.1 Å². The highest BCUT2D eigenvalue weighted by Crippen LogP contribution is 2.26. The van der Waals surface area contributed by atoms with Gasteiger partial charge in [0.25, 0.3) is 5.91 Å². The molecule has 3 rings (SSSR count). The van der Waals surface area contributed by atoms with Crippen molar-refractivity contribution in [3.8, 4) is 0 Å². The van der Waals surface area contributed by atoms with Gasteiger partial charge in [-0.05, 0) is 68.1 Å². The van der Waals surface area contributed by atoms with Gasteiger partial charge in [-0.1, -0.05) is 6.07 Å². The number of ether oxygens (including phenoxy) is 1. The highest BCUT2D eigenvalue weighted by atomic mass is 19.1. The van der Waals surface area contributed by atoms with Crippen LogP contribution in [0.15, 0.2) is 36.4 Å². The first kappa shape index (κ1) is 18.9. The Labute approximate surface area is 158 Å². The first-order chi connectivity index (χ1) is 12.9. The summed E-state index contributed by atoms with van der Waals surface area (Å²) in [6, 6.07) is 9.82. The van der Waals surface area contributed by atoms with E-state index in [9.17, 15) is 14.0 Å². The monoisotopic (exact) mass is 370 g/mol. The number of carbonyl (C=O) groups excluding carboxylic acids is 2. The van der Waals surface area contributed by atoms with E-state index >= 15 is 0 Å². The van der Waals surface area contributed by atoms with Crippen LogP contribution in [0.3, 0.4) is 0 Å². The largest absolute Gasteiger partial charge is 0.452 e. The zero-order chi connectivity index (χ0) is 19.4. The quantitative estimate of drug-likeness (QED) is 0.813. The molecule has 1 aliphatic heterocycles. The van der Waals surface area contributed by atoms with Crippen molar-refractivity contribution in [2.45, 2.75) is 26.7 Å². The van der Waals surface area contributed by atoms with Gasteiger partial charge in [-0.15, -0.1) is 0 Å². The maximum absolute atomic E-state index is 13.5. The Bertz CT molecular complexity index is 861. The molecule has 6 heteroatoms. The summed E-state index contributed by atoms with van der Waals surface area (Å²) in [5, 5.41) is 2.72. The number of nitrogens with zero attached hydrogens (tertiary/aromatic N) is 1. The predicted octanol–water partition coefficient (Wildman–Crippen LogP) is 3.84. The smallest absolute Gasteiger partial charge is 0.338 e. The number of carbonyl (C=O) groups is 2. The Hall–Kier alpha value is -2.89. The van der Waals surface area contributed by atoms with Crippen molar-refractivity contribution in [2.75, 3.05) is 29.9 Å². The molecule has 1 N–H and O–H groups in total. The van der Waals surface area contributed by atoms with Crippen LogP contribution in [0.5, 0.6) is 0 Å². The van der Waals surface area contributed by atoms with Crippen molar-refractivity contribution in [1.29, 1.82) is 0 Å². The van der Waals surface area contributed by atoms with Gasteiger partial charge in [0.05, 0.1) is 5.56 Å².